The molecule has 1 heterocycles. The number of hydrogen-bond donors (Lipinski definition) is 1. The summed E-state index contributed by atoms with van der Waals surface area (Å²) in [5.74, 6) is 0.770. The molecule has 1 aromatic rings. The minimum atomic E-state index is 0.770. The van der Waals surface area contributed by atoms with Crippen molar-refractivity contribution in [2.24, 2.45) is 5.92 Å². The number of hydrogen-bond acceptors (Lipinski definition) is 3. The first-order valence-electron chi connectivity index (χ1n) is 8.46. The maximum atomic E-state index is 3.45. The van der Waals surface area contributed by atoms with Crippen molar-refractivity contribution in [3.8, 4) is 0 Å². The van der Waals surface area contributed by atoms with E-state index in [0.29, 0.717) is 0 Å². The first kappa shape index (κ1) is 16.3. The standard InChI is InChI=1S/C18H31N3/c1-4-9-19-14-17-5-7-18(8-6-17)21-12-10-20(11-13-21)15-16(2)3/h5-8,16,19H,4,9-15H2,1-3H3. The van der Waals surface area contributed by atoms with Gasteiger partial charge < -0.3 is 10.2 Å². The van der Waals surface area contributed by atoms with Crippen LogP contribution in [-0.2, 0) is 6.54 Å². The summed E-state index contributed by atoms with van der Waals surface area (Å²) in [6.45, 7) is 14.8. The van der Waals surface area contributed by atoms with Gasteiger partial charge in [-0.25, -0.2) is 0 Å². The van der Waals surface area contributed by atoms with E-state index in [4.69, 9.17) is 0 Å². The van der Waals surface area contributed by atoms with Gasteiger partial charge >= 0.3 is 0 Å². The third-order valence-electron chi connectivity index (χ3n) is 4.05. The highest BCUT2D eigenvalue weighted by atomic mass is 15.3. The van der Waals surface area contributed by atoms with E-state index in [1.807, 2.05) is 0 Å². The zero-order valence-electron chi connectivity index (χ0n) is 13.9. The zero-order valence-corrected chi connectivity index (χ0v) is 13.9. The molecular formula is C18H31N3. The molecule has 0 unspecified atom stereocenters. The fourth-order valence-corrected chi connectivity index (χ4v) is 2.94. The number of nitrogens with one attached hydrogen (secondary N) is 1. The average molecular weight is 289 g/mol. The molecule has 118 valence electrons. The Kier molecular flexibility index (Phi) is 6.52. The van der Waals surface area contributed by atoms with E-state index in [-0.39, 0.29) is 0 Å². The smallest absolute Gasteiger partial charge is 0.0367 e. The molecule has 1 aliphatic heterocycles. The SMILES string of the molecule is CCCNCc1ccc(N2CCN(CC(C)C)CC2)cc1. The van der Waals surface area contributed by atoms with Gasteiger partial charge in [-0.1, -0.05) is 32.9 Å². The lowest BCUT2D eigenvalue weighted by Gasteiger charge is -2.36. The summed E-state index contributed by atoms with van der Waals surface area (Å²) < 4.78 is 0. The van der Waals surface area contributed by atoms with Crippen molar-refractivity contribution in [1.82, 2.24) is 10.2 Å². The molecule has 21 heavy (non-hydrogen) atoms. The predicted molar refractivity (Wildman–Crippen MR) is 91.9 cm³/mol. The lowest BCUT2D eigenvalue weighted by molar-refractivity contribution is 0.231. The molecule has 0 aromatic heterocycles. The van der Waals surface area contributed by atoms with Crippen molar-refractivity contribution in [3.05, 3.63) is 29.8 Å². The van der Waals surface area contributed by atoms with Crippen LogP contribution >= 0.6 is 0 Å². The molecule has 0 saturated carbocycles. The molecular weight excluding hydrogens is 258 g/mol. The van der Waals surface area contributed by atoms with E-state index >= 15 is 0 Å². The van der Waals surface area contributed by atoms with Crippen molar-refractivity contribution in [2.45, 2.75) is 33.7 Å². The number of rotatable bonds is 7. The summed E-state index contributed by atoms with van der Waals surface area (Å²) in [5.41, 5.74) is 2.75. The minimum absolute atomic E-state index is 0.770. The summed E-state index contributed by atoms with van der Waals surface area (Å²) >= 11 is 0. The molecule has 0 radical (unpaired) electrons. The maximum Gasteiger partial charge on any atom is 0.0367 e. The Labute approximate surface area is 130 Å². The van der Waals surface area contributed by atoms with Crippen molar-refractivity contribution < 1.29 is 0 Å². The van der Waals surface area contributed by atoms with Crippen LogP contribution in [0.5, 0.6) is 0 Å². The second kappa shape index (κ2) is 8.40. The summed E-state index contributed by atoms with van der Waals surface area (Å²) in [5, 5.41) is 3.45. The quantitative estimate of drug-likeness (QED) is 0.779. The highest BCUT2D eigenvalue weighted by molar-refractivity contribution is 5.48. The van der Waals surface area contributed by atoms with Crippen molar-refractivity contribution in [3.63, 3.8) is 0 Å². The molecule has 2 rings (SSSR count). The Balaban J connectivity index is 1.80. The molecule has 1 N–H and O–H groups in total. The first-order valence-corrected chi connectivity index (χ1v) is 8.46. The van der Waals surface area contributed by atoms with Crippen LogP contribution in [0.3, 0.4) is 0 Å². The first-order chi connectivity index (χ1) is 10.2. The maximum absolute atomic E-state index is 3.45. The lowest BCUT2D eigenvalue weighted by atomic mass is 10.1. The Morgan fingerprint density at radius 3 is 2.29 bits per heavy atom. The Hall–Kier alpha value is -1.06. The van der Waals surface area contributed by atoms with Crippen LogP contribution < -0.4 is 10.2 Å². The van der Waals surface area contributed by atoms with E-state index < -0.39 is 0 Å². The Morgan fingerprint density at radius 1 is 1.05 bits per heavy atom. The van der Waals surface area contributed by atoms with Gasteiger partial charge in [0.15, 0.2) is 0 Å². The molecule has 1 saturated heterocycles. The fraction of sp³-hybridized carbons (Fsp3) is 0.667. The van der Waals surface area contributed by atoms with Crippen molar-refractivity contribution >= 4 is 5.69 Å². The van der Waals surface area contributed by atoms with Gasteiger partial charge in [-0.3, -0.25) is 4.90 Å². The molecule has 1 aliphatic rings. The lowest BCUT2D eigenvalue weighted by Crippen LogP contribution is -2.47. The molecule has 0 spiro atoms. The van der Waals surface area contributed by atoms with E-state index in [0.717, 1.165) is 32.1 Å². The van der Waals surface area contributed by atoms with Crippen LogP contribution in [0.4, 0.5) is 5.69 Å². The van der Waals surface area contributed by atoms with Crippen LogP contribution in [0, 0.1) is 5.92 Å². The molecule has 0 bridgehead atoms. The van der Waals surface area contributed by atoms with Crippen LogP contribution in [0.1, 0.15) is 32.8 Å². The topological polar surface area (TPSA) is 18.5 Å². The molecule has 0 atom stereocenters. The number of benzene rings is 1. The molecule has 3 heteroatoms. The van der Waals surface area contributed by atoms with E-state index in [1.54, 1.807) is 0 Å². The number of nitrogens with zero attached hydrogens (tertiary/aromatic N) is 2. The summed E-state index contributed by atoms with van der Waals surface area (Å²) in [6, 6.07) is 9.08. The van der Waals surface area contributed by atoms with Gasteiger partial charge in [-0.15, -0.1) is 0 Å². The second-order valence-corrected chi connectivity index (χ2v) is 6.52. The van der Waals surface area contributed by atoms with Gasteiger partial charge in [0.25, 0.3) is 0 Å². The van der Waals surface area contributed by atoms with Gasteiger partial charge in [0.2, 0.25) is 0 Å². The summed E-state index contributed by atoms with van der Waals surface area (Å²) in [6.07, 6.45) is 1.19. The highest BCUT2D eigenvalue weighted by Crippen LogP contribution is 2.17. The predicted octanol–water partition coefficient (Wildman–Crippen LogP) is 2.96. The Bertz CT molecular complexity index is 391. The van der Waals surface area contributed by atoms with Crippen LogP contribution in [0.25, 0.3) is 0 Å². The molecule has 1 aromatic carbocycles. The van der Waals surface area contributed by atoms with Gasteiger partial charge in [0, 0.05) is 45.0 Å². The van der Waals surface area contributed by atoms with E-state index in [9.17, 15) is 0 Å². The van der Waals surface area contributed by atoms with Crippen LogP contribution in [0.2, 0.25) is 0 Å². The third-order valence-corrected chi connectivity index (χ3v) is 4.05. The molecule has 1 fully saturated rings. The van der Waals surface area contributed by atoms with Crippen LogP contribution in [-0.4, -0.2) is 44.2 Å². The minimum Gasteiger partial charge on any atom is -0.369 e. The fourth-order valence-electron chi connectivity index (χ4n) is 2.94. The van der Waals surface area contributed by atoms with Crippen molar-refractivity contribution in [1.29, 1.82) is 0 Å². The highest BCUT2D eigenvalue weighted by Gasteiger charge is 2.17. The molecule has 3 nitrogen and oxygen atoms in total. The van der Waals surface area contributed by atoms with Gasteiger partial charge in [0.1, 0.15) is 0 Å². The summed E-state index contributed by atoms with van der Waals surface area (Å²) in [4.78, 5) is 5.10. The molecule has 0 aliphatic carbocycles. The normalized spacial score (nSPS) is 16.7. The van der Waals surface area contributed by atoms with Crippen LogP contribution in [0.15, 0.2) is 24.3 Å². The Morgan fingerprint density at radius 2 is 1.71 bits per heavy atom. The van der Waals surface area contributed by atoms with E-state index in [2.05, 4.69) is 60.2 Å². The monoisotopic (exact) mass is 289 g/mol. The molecule has 0 amide bonds. The second-order valence-electron chi connectivity index (χ2n) is 6.52. The van der Waals surface area contributed by atoms with Gasteiger partial charge in [0.05, 0.1) is 0 Å². The van der Waals surface area contributed by atoms with E-state index in [1.165, 1.54) is 37.3 Å². The zero-order chi connectivity index (χ0) is 15.1. The number of piperazine rings is 1. The van der Waals surface area contributed by atoms with Crippen molar-refractivity contribution in [2.75, 3.05) is 44.2 Å². The average Bonchev–Trinajstić information content (AvgIpc) is 2.49. The number of anilines is 1. The largest absolute Gasteiger partial charge is 0.369 e. The third kappa shape index (κ3) is 5.33. The van der Waals surface area contributed by atoms with Gasteiger partial charge in [-0.2, -0.15) is 0 Å². The summed E-state index contributed by atoms with van der Waals surface area (Å²) in [7, 11) is 0. The van der Waals surface area contributed by atoms with Gasteiger partial charge in [-0.05, 0) is 36.6 Å².